The normalized spacial score (nSPS) is 20.7. The molecule has 1 atom stereocenters. The summed E-state index contributed by atoms with van der Waals surface area (Å²) in [7, 11) is 0. The molecule has 1 aromatic carbocycles. The standard InChI is InChI=1S/C14H20BrFN2O/c1-2-18-5-6-19-13(10-18)9-17-8-11-3-4-12(16)7-14(11)15/h3-4,7,13,17H,2,5-6,8-10H2,1H3. The number of nitrogens with zero attached hydrogens (tertiary/aromatic N) is 1. The third-order valence-electron chi connectivity index (χ3n) is 3.37. The van der Waals surface area contributed by atoms with E-state index in [1.54, 1.807) is 6.07 Å². The molecule has 0 spiro atoms. The monoisotopic (exact) mass is 330 g/mol. The molecule has 2 rings (SSSR count). The first kappa shape index (κ1) is 14.9. The van der Waals surface area contributed by atoms with Crippen molar-refractivity contribution in [2.24, 2.45) is 0 Å². The molecule has 106 valence electrons. The SMILES string of the molecule is CCN1CCOC(CNCc2ccc(F)cc2Br)C1. The Kier molecular flexibility index (Phi) is 5.76. The Balaban J connectivity index is 1.76. The maximum Gasteiger partial charge on any atom is 0.124 e. The molecule has 0 aromatic heterocycles. The van der Waals surface area contributed by atoms with Gasteiger partial charge in [-0.15, -0.1) is 0 Å². The molecule has 0 radical (unpaired) electrons. The second-order valence-corrected chi connectivity index (χ2v) is 5.61. The molecule has 0 aliphatic carbocycles. The Morgan fingerprint density at radius 2 is 2.37 bits per heavy atom. The summed E-state index contributed by atoms with van der Waals surface area (Å²) >= 11 is 3.37. The average Bonchev–Trinajstić information content (AvgIpc) is 2.41. The highest BCUT2D eigenvalue weighted by Gasteiger charge is 2.18. The second-order valence-electron chi connectivity index (χ2n) is 4.75. The molecule has 0 saturated carbocycles. The Morgan fingerprint density at radius 3 is 3.11 bits per heavy atom. The second kappa shape index (κ2) is 7.33. The van der Waals surface area contributed by atoms with E-state index in [1.807, 2.05) is 0 Å². The highest BCUT2D eigenvalue weighted by Crippen LogP contribution is 2.17. The van der Waals surface area contributed by atoms with Crippen LogP contribution in [-0.4, -0.2) is 43.8 Å². The molecule has 3 nitrogen and oxygen atoms in total. The Hall–Kier alpha value is -0.490. The van der Waals surface area contributed by atoms with Crippen molar-refractivity contribution < 1.29 is 9.13 Å². The molecule has 1 saturated heterocycles. The molecule has 19 heavy (non-hydrogen) atoms. The minimum atomic E-state index is -0.218. The summed E-state index contributed by atoms with van der Waals surface area (Å²) in [5, 5.41) is 3.37. The van der Waals surface area contributed by atoms with Gasteiger partial charge in [-0.3, -0.25) is 4.90 Å². The van der Waals surface area contributed by atoms with Crippen molar-refractivity contribution in [3.8, 4) is 0 Å². The minimum Gasteiger partial charge on any atom is -0.374 e. The largest absolute Gasteiger partial charge is 0.374 e. The van der Waals surface area contributed by atoms with E-state index in [9.17, 15) is 4.39 Å². The number of nitrogens with one attached hydrogen (secondary N) is 1. The van der Waals surface area contributed by atoms with Crippen molar-refractivity contribution in [1.82, 2.24) is 10.2 Å². The first-order valence-corrected chi connectivity index (χ1v) is 7.47. The number of ether oxygens (including phenoxy) is 1. The van der Waals surface area contributed by atoms with Crippen molar-refractivity contribution in [1.29, 1.82) is 0 Å². The van der Waals surface area contributed by atoms with Gasteiger partial charge in [0.05, 0.1) is 12.7 Å². The van der Waals surface area contributed by atoms with Gasteiger partial charge < -0.3 is 10.1 Å². The number of hydrogen-bond donors (Lipinski definition) is 1. The van der Waals surface area contributed by atoms with Crippen LogP contribution in [0.25, 0.3) is 0 Å². The highest BCUT2D eigenvalue weighted by molar-refractivity contribution is 9.10. The van der Waals surface area contributed by atoms with Gasteiger partial charge in [-0.05, 0) is 24.2 Å². The predicted molar refractivity (Wildman–Crippen MR) is 77.7 cm³/mol. The number of halogens is 2. The van der Waals surface area contributed by atoms with Gasteiger partial charge in [-0.2, -0.15) is 0 Å². The summed E-state index contributed by atoms with van der Waals surface area (Å²) in [5.74, 6) is -0.218. The summed E-state index contributed by atoms with van der Waals surface area (Å²) in [5.41, 5.74) is 1.06. The zero-order chi connectivity index (χ0) is 13.7. The van der Waals surface area contributed by atoms with Crippen molar-refractivity contribution in [3.05, 3.63) is 34.1 Å². The topological polar surface area (TPSA) is 24.5 Å². The average molecular weight is 331 g/mol. The minimum absolute atomic E-state index is 0.218. The van der Waals surface area contributed by atoms with Gasteiger partial charge in [0.25, 0.3) is 0 Å². The van der Waals surface area contributed by atoms with E-state index < -0.39 is 0 Å². The van der Waals surface area contributed by atoms with Crippen molar-refractivity contribution in [2.45, 2.75) is 19.6 Å². The predicted octanol–water partition coefficient (Wildman–Crippen LogP) is 2.40. The van der Waals surface area contributed by atoms with Gasteiger partial charge in [0.2, 0.25) is 0 Å². The van der Waals surface area contributed by atoms with E-state index in [4.69, 9.17) is 4.74 Å². The van der Waals surface area contributed by atoms with Crippen LogP contribution in [0.4, 0.5) is 4.39 Å². The lowest BCUT2D eigenvalue weighted by Crippen LogP contribution is -2.46. The van der Waals surface area contributed by atoms with Crippen LogP contribution in [0.2, 0.25) is 0 Å². The van der Waals surface area contributed by atoms with E-state index in [0.29, 0.717) is 6.54 Å². The highest BCUT2D eigenvalue weighted by atomic mass is 79.9. The molecule has 1 N–H and O–H groups in total. The summed E-state index contributed by atoms with van der Waals surface area (Å²) in [6.45, 7) is 7.59. The van der Waals surface area contributed by atoms with Crippen molar-refractivity contribution >= 4 is 15.9 Å². The molecule has 1 unspecified atom stereocenters. The lowest BCUT2D eigenvalue weighted by atomic mass is 10.2. The Morgan fingerprint density at radius 1 is 1.53 bits per heavy atom. The lowest BCUT2D eigenvalue weighted by Gasteiger charge is -2.32. The van der Waals surface area contributed by atoms with E-state index in [0.717, 1.165) is 42.8 Å². The van der Waals surface area contributed by atoms with Crippen LogP contribution in [0.1, 0.15) is 12.5 Å². The van der Waals surface area contributed by atoms with Crippen LogP contribution in [0.3, 0.4) is 0 Å². The molecule has 1 aliphatic rings. The van der Waals surface area contributed by atoms with E-state index in [1.165, 1.54) is 12.1 Å². The van der Waals surface area contributed by atoms with Crippen LogP contribution in [0.5, 0.6) is 0 Å². The maximum atomic E-state index is 13.0. The van der Waals surface area contributed by atoms with E-state index in [-0.39, 0.29) is 11.9 Å². The van der Waals surface area contributed by atoms with Gasteiger partial charge in [0, 0.05) is 30.7 Å². The van der Waals surface area contributed by atoms with Crippen LogP contribution < -0.4 is 5.32 Å². The number of likely N-dealkylation sites (N-methyl/N-ethyl adjacent to an activating group) is 1. The quantitative estimate of drug-likeness (QED) is 0.897. The van der Waals surface area contributed by atoms with Crippen molar-refractivity contribution in [2.75, 3.05) is 32.8 Å². The zero-order valence-corrected chi connectivity index (χ0v) is 12.7. The third kappa shape index (κ3) is 4.53. The molecule has 1 aliphatic heterocycles. The van der Waals surface area contributed by atoms with Gasteiger partial charge in [0.15, 0.2) is 0 Å². The summed E-state index contributed by atoms with van der Waals surface area (Å²) in [4.78, 5) is 2.39. The number of hydrogen-bond acceptors (Lipinski definition) is 3. The number of morpholine rings is 1. The number of benzene rings is 1. The fraction of sp³-hybridized carbons (Fsp3) is 0.571. The summed E-state index contributed by atoms with van der Waals surface area (Å²) < 4.78 is 19.5. The Labute approximate surface area is 122 Å². The van der Waals surface area contributed by atoms with Gasteiger partial charge in [-0.1, -0.05) is 28.9 Å². The molecular formula is C14H20BrFN2O. The summed E-state index contributed by atoms with van der Waals surface area (Å²) in [6.07, 6.45) is 0.243. The van der Waals surface area contributed by atoms with Crippen LogP contribution in [-0.2, 0) is 11.3 Å². The fourth-order valence-corrected chi connectivity index (χ4v) is 2.72. The first-order chi connectivity index (χ1) is 9.19. The number of rotatable bonds is 5. The van der Waals surface area contributed by atoms with Gasteiger partial charge >= 0.3 is 0 Å². The van der Waals surface area contributed by atoms with Gasteiger partial charge in [-0.25, -0.2) is 4.39 Å². The Bertz CT molecular complexity index is 416. The van der Waals surface area contributed by atoms with Gasteiger partial charge in [0.1, 0.15) is 5.82 Å². The maximum absolute atomic E-state index is 13.0. The van der Waals surface area contributed by atoms with Crippen LogP contribution >= 0.6 is 15.9 Å². The molecule has 5 heteroatoms. The molecule has 0 amide bonds. The fourth-order valence-electron chi connectivity index (χ4n) is 2.22. The molecule has 0 bridgehead atoms. The lowest BCUT2D eigenvalue weighted by molar-refractivity contribution is -0.0253. The van der Waals surface area contributed by atoms with E-state index >= 15 is 0 Å². The third-order valence-corrected chi connectivity index (χ3v) is 4.11. The summed E-state index contributed by atoms with van der Waals surface area (Å²) in [6, 6.07) is 4.77. The molecular weight excluding hydrogens is 311 g/mol. The van der Waals surface area contributed by atoms with Crippen LogP contribution in [0, 0.1) is 5.82 Å². The smallest absolute Gasteiger partial charge is 0.124 e. The van der Waals surface area contributed by atoms with E-state index in [2.05, 4.69) is 33.1 Å². The molecule has 1 heterocycles. The first-order valence-electron chi connectivity index (χ1n) is 6.67. The zero-order valence-electron chi connectivity index (χ0n) is 11.2. The van der Waals surface area contributed by atoms with Crippen molar-refractivity contribution in [3.63, 3.8) is 0 Å². The molecule has 1 fully saturated rings. The molecule has 1 aromatic rings. The van der Waals surface area contributed by atoms with Crippen LogP contribution in [0.15, 0.2) is 22.7 Å².